The fourth-order valence-electron chi connectivity index (χ4n) is 3.07. The molecule has 1 aromatic carbocycles. The number of methoxy groups -OCH3 is 1. The number of carbonyl (C=O) groups is 1. The minimum atomic E-state index is -4.74. The van der Waals surface area contributed by atoms with E-state index < -0.39 is 23.8 Å². The maximum absolute atomic E-state index is 13.6. The first-order valence-electron chi connectivity index (χ1n) is 8.35. The zero-order chi connectivity index (χ0) is 20.5. The summed E-state index contributed by atoms with van der Waals surface area (Å²) >= 11 is 0. The molecular formula is C18H17F4N3O3. The summed E-state index contributed by atoms with van der Waals surface area (Å²) in [6.45, 7) is 0.952. The van der Waals surface area contributed by atoms with Crippen LogP contribution >= 0.6 is 0 Å². The summed E-state index contributed by atoms with van der Waals surface area (Å²) in [5.41, 5.74) is -0.859. The number of aromatic nitrogens is 1. The molecule has 10 heteroatoms. The highest BCUT2D eigenvalue weighted by Crippen LogP contribution is 2.41. The molecule has 0 spiro atoms. The van der Waals surface area contributed by atoms with Gasteiger partial charge in [-0.15, -0.1) is 0 Å². The minimum absolute atomic E-state index is 0.161. The van der Waals surface area contributed by atoms with Gasteiger partial charge in [-0.1, -0.05) is 12.1 Å². The minimum Gasteiger partial charge on any atom is -0.480 e. The summed E-state index contributed by atoms with van der Waals surface area (Å²) in [4.78, 5) is 17.7. The molecule has 1 aliphatic rings. The van der Waals surface area contributed by atoms with E-state index in [0.717, 1.165) is 12.1 Å². The molecule has 1 amide bonds. The van der Waals surface area contributed by atoms with Gasteiger partial charge in [0.25, 0.3) is 0 Å². The van der Waals surface area contributed by atoms with Crippen molar-refractivity contribution in [1.82, 2.24) is 9.88 Å². The lowest BCUT2D eigenvalue weighted by atomic mass is 10.0. The maximum Gasteiger partial charge on any atom is 0.434 e. The molecule has 1 saturated heterocycles. The fraction of sp³-hybridized carbons (Fsp3) is 0.333. The second kappa shape index (κ2) is 7.53. The number of hydrogen-bond acceptors (Lipinski definition) is 4. The lowest BCUT2D eigenvalue weighted by Crippen LogP contribution is -2.48. The molecule has 0 unspecified atom stereocenters. The van der Waals surface area contributed by atoms with Crippen molar-refractivity contribution in [3.8, 4) is 17.0 Å². The molecule has 0 radical (unpaired) electrons. The number of rotatable bonds is 3. The highest BCUT2D eigenvalue weighted by Gasteiger charge is 2.38. The Morgan fingerprint density at radius 3 is 2.25 bits per heavy atom. The number of carboxylic acid groups (broad SMARTS) is 1. The number of amides is 1. The van der Waals surface area contributed by atoms with Crippen molar-refractivity contribution in [2.45, 2.75) is 6.18 Å². The zero-order valence-electron chi connectivity index (χ0n) is 14.8. The number of nitrogens with zero attached hydrogens (tertiary/aromatic N) is 3. The van der Waals surface area contributed by atoms with Crippen LogP contribution in [0.1, 0.15) is 5.69 Å². The van der Waals surface area contributed by atoms with Crippen LogP contribution in [-0.2, 0) is 6.18 Å². The Labute approximate surface area is 158 Å². The van der Waals surface area contributed by atoms with Crippen molar-refractivity contribution < 1.29 is 32.2 Å². The number of halogens is 4. The maximum atomic E-state index is 13.6. The van der Waals surface area contributed by atoms with Crippen LogP contribution < -0.4 is 9.64 Å². The van der Waals surface area contributed by atoms with E-state index in [1.807, 2.05) is 0 Å². The highest BCUT2D eigenvalue weighted by atomic mass is 19.4. The summed E-state index contributed by atoms with van der Waals surface area (Å²) < 4.78 is 59.0. The Balaban J connectivity index is 2.07. The molecule has 1 N–H and O–H groups in total. The first-order valence-corrected chi connectivity index (χ1v) is 8.35. The Kier molecular flexibility index (Phi) is 5.30. The first kappa shape index (κ1) is 19.7. The summed E-state index contributed by atoms with van der Waals surface area (Å²) in [7, 11) is 1.22. The van der Waals surface area contributed by atoms with Gasteiger partial charge in [-0.05, 0) is 23.8 Å². The van der Waals surface area contributed by atoms with Crippen molar-refractivity contribution in [3.63, 3.8) is 0 Å². The van der Waals surface area contributed by atoms with Crippen molar-refractivity contribution in [2.24, 2.45) is 0 Å². The van der Waals surface area contributed by atoms with Gasteiger partial charge in [-0.3, -0.25) is 0 Å². The summed E-state index contributed by atoms with van der Waals surface area (Å²) in [6.07, 6.45) is -5.79. The van der Waals surface area contributed by atoms with Crippen LogP contribution in [0.15, 0.2) is 30.3 Å². The van der Waals surface area contributed by atoms with E-state index in [4.69, 9.17) is 9.84 Å². The van der Waals surface area contributed by atoms with Gasteiger partial charge in [0.2, 0.25) is 5.88 Å². The van der Waals surface area contributed by atoms with Gasteiger partial charge in [-0.2, -0.15) is 13.2 Å². The van der Waals surface area contributed by atoms with Gasteiger partial charge in [0.15, 0.2) is 5.69 Å². The Hall–Kier alpha value is -3.04. The van der Waals surface area contributed by atoms with Gasteiger partial charge in [0, 0.05) is 31.7 Å². The molecule has 6 nitrogen and oxygen atoms in total. The number of alkyl halides is 3. The topological polar surface area (TPSA) is 65.9 Å². The predicted molar refractivity (Wildman–Crippen MR) is 93.0 cm³/mol. The van der Waals surface area contributed by atoms with Crippen LogP contribution in [0, 0.1) is 5.82 Å². The third kappa shape index (κ3) is 3.95. The van der Waals surface area contributed by atoms with Crippen molar-refractivity contribution >= 4 is 11.8 Å². The average molecular weight is 399 g/mol. The van der Waals surface area contributed by atoms with Crippen LogP contribution in [0.5, 0.6) is 5.88 Å². The van der Waals surface area contributed by atoms with E-state index in [1.165, 1.54) is 30.2 Å². The number of hydrogen-bond donors (Lipinski definition) is 1. The standard InChI is InChI=1S/C18H17F4N3O3/c1-28-16-14(24-6-8-25(9-7-24)17(26)27)10-13(15(23-16)18(20,21)22)11-2-4-12(19)5-3-11/h2-5,10H,6-9H2,1H3,(H,26,27). The molecule has 1 aliphatic heterocycles. The Bertz CT molecular complexity index is 864. The molecule has 2 aromatic rings. The molecular weight excluding hydrogens is 382 g/mol. The molecule has 0 atom stereocenters. The molecule has 0 saturated carbocycles. The van der Waals surface area contributed by atoms with Crippen molar-refractivity contribution in [2.75, 3.05) is 38.2 Å². The number of pyridine rings is 1. The van der Waals surface area contributed by atoms with E-state index in [9.17, 15) is 22.4 Å². The predicted octanol–water partition coefficient (Wildman–Crippen LogP) is 3.72. The van der Waals surface area contributed by atoms with E-state index in [1.54, 1.807) is 4.90 Å². The summed E-state index contributed by atoms with van der Waals surface area (Å²) in [6, 6.07) is 5.95. The quantitative estimate of drug-likeness (QED) is 0.797. The van der Waals surface area contributed by atoms with E-state index in [2.05, 4.69) is 4.98 Å². The van der Waals surface area contributed by atoms with Gasteiger partial charge >= 0.3 is 12.3 Å². The SMILES string of the molecule is COc1nc(C(F)(F)F)c(-c2ccc(F)cc2)cc1N1CCN(C(=O)O)CC1. The molecule has 28 heavy (non-hydrogen) atoms. The van der Waals surface area contributed by atoms with Gasteiger partial charge in [0.1, 0.15) is 11.5 Å². The fourth-order valence-corrected chi connectivity index (χ4v) is 3.07. The highest BCUT2D eigenvalue weighted by molar-refractivity contribution is 5.74. The molecule has 0 aliphatic carbocycles. The Morgan fingerprint density at radius 2 is 1.75 bits per heavy atom. The molecule has 3 rings (SSSR count). The third-order valence-corrected chi connectivity index (χ3v) is 4.48. The molecule has 1 aromatic heterocycles. The summed E-state index contributed by atoms with van der Waals surface area (Å²) in [5, 5.41) is 9.05. The molecule has 0 bridgehead atoms. The van der Waals surface area contributed by atoms with E-state index in [0.29, 0.717) is 5.69 Å². The largest absolute Gasteiger partial charge is 0.480 e. The lowest BCUT2D eigenvalue weighted by Gasteiger charge is -2.35. The van der Waals surface area contributed by atoms with Crippen LogP contribution in [0.3, 0.4) is 0 Å². The second-order valence-electron chi connectivity index (χ2n) is 6.17. The number of piperazine rings is 1. The van der Waals surface area contributed by atoms with Gasteiger partial charge in [-0.25, -0.2) is 14.2 Å². The van der Waals surface area contributed by atoms with Crippen LogP contribution in [-0.4, -0.2) is 54.4 Å². The average Bonchev–Trinajstić information content (AvgIpc) is 2.67. The van der Waals surface area contributed by atoms with E-state index >= 15 is 0 Å². The number of anilines is 1. The number of ether oxygens (including phenoxy) is 1. The normalized spacial score (nSPS) is 14.9. The first-order chi connectivity index (χ1) is 13.2. The zero-order valence-corrected chi connectivity index (χ0v) is 14.8. The van der Waals surface area contributed by atoms with Crippen LogP contribution in [0.4, 0.5) is 28.0 Å². The number of benzene rings is 1. The molecule has 2 heterocycles. The van der Waals surface area contributed by atoms with E-state index in [-0.39, 0.29) is 43.2 Å². The summed E-state index contributed by atoms with van der Waals surface area (Å²) in [5.74, 6) is -0.772. The van der Waals surface area contributed by atoms with Gasteiger partial charge in [0.05, 0.1) is 7.11 Å². The lowest BCUT2D eigenvalue weighted by molar-refractivity contribution is -0.140. The van der Waals surface area contributed by atoms with Crippen LogP contribution in [0.2, 0.25) is 0 Å². The monoisotopic (exact) mass is 399 g/mol. The van der Waals surface area contributed by atoms with Crippen LogP contribution in [0.25, 0.3) is 11.1 Å². The third-order valence-electron chi connectivity index (χ3n) is 4.48. The van der Waals surface area contributed by atoms with Gasteiger partial charge < -0.3 is 19.6 Å². The second-order valence-corrected chi connectivity index (χ2v) is 6.17. The smallest absolute Gasteiger partial charge is 0.434 e. The van der Waals surface area contributed by atoms with Crippen molar-refractivity contribution in [3.05, 3.63) is 41.8 Å². The Morgan fingerprint density at radius 1 is 1.14 bits per heavy atom. The molecule has 150 valence electrons. The molecule has 1 fully saturated rings. The van der Waals surface area contributed by atoms with Crippen molar-refractivity contribution in [1.29, 1.82) is 0 Å².